The molecule has 1 heterocycles. The lowest BCUT2D eigenvalue weighted by Crippen LogP contribution is -2.23. The number of fused-ring (bicyclic) bond motifs is 1. The number of para-hydroxylation sites is 2. The predicted octanol–water partition coefficient (Wildman–Crippen LogP) is 4.83. The van der Waals surface area contributed by atoms with Crippen molar-refractivity contribution in [3.05, 3.63) is 78.0 Å². The molecule has 0 saturated heterocycles. The van der Waals surface area contributed by atoms with Crippen LogP contribution in [0.1, 0.15) is 12.5 Å². The smallest absolute Gasteiger partial charge is 0.0629 e. The lowest BCUT2D eigenvalue weighted by atomic mass is 10.1. The zero-order valence-corrected chi connectivity index (χ0v) is 12.1. The van der Waals surface area contributed by atoms with Gasteiger partial charge in [-0.1, -0.05) is 42.5 Å². The van der Waals surface area contributed by atoms with Crippen molar-refractivity contribution < 1.29 is 0 Å². The molecule has 2 heteroatoms. The standard InChI is InChI=1S/C19H18N2/c1-2-21-18(13-12-16-8-6-7-11-19(16)21)14-15-20-17-9-4-3-5-10-17/h3-15H,2H2,1H3/b18-14+,20-15?. The monoisotopic (exact) mass is 274 g/mol. The maximum Gasteiger partial charge on any atom is 0.0629 e. The number of aliphatic imine (C=N–C) groups is 1. The van der Waals surface area contributed by atoms with E-state index in [1.165, 1.54) is 11.3 Å². The van der Waals surface area contributed by atoms with Crippen molar-refractivity contribution in [2.24, 2.45) is 4.99 Å². The summed E-state index contributed by atoms with van der Waals surface area (Å²) >= 11 is 0. The zero-order valence-electron chi connectivity index (χ0n) is 12.1. The van der Waals surface area contributed by atoms with Crippen LogP contribution in [0.25, 0.3) is 6.08 Å². The molecule has 0 radical (unpaired) electrons. The maximum absolute atomic E-state index is 4.46. The van der Waals surface area contributed by atoms with Crippen LogP contribution < -0.4 is 4.90 Å². The average molecular weight is 274 g/mol. The fraction of sp³-hybridized carbons (Fsp3) is 0.105. The topological polar surface area (TPSA) is 15.6 Å². The second-order valence-electron chi connectivity index (χ2n) is 4.84. The minimum atomic E-state index is 0.937. The molecule has 1 aliphatic heterocycles. The van der Waals surface area contributed by atoms with Crippen molar-refractivity contribution in [1.29, 1.82) is 0 Å². The predicted molar refractivity (Wildman–Crippen MR) is 91.2 cm³/mol. The van der Waals surface area contributed by atoms with Gasteiger partial charge in [0.25, 0.3) is 0 Å². The van der Waals surface area contributed by atoms with Crippen molar-refractivity contribution in [3.8, 4) is 0 Å². The van der Waals surface area contributed by atoms with Gasteiger partial charge >= 0.3 is 0 Å². The Bertz CT molecular complexity index is 697. The SMILES string of the molecule is CCN1/C(=C/C=Nc2ccccc2)C=Cc2ccccc21. The Hall–Kier alpha value is -2.61. The molecule has 0 amide bonds. The highest BCUT2D eigenvalue weighted by atomic mass is 15.1. The van der Waals surface area contributed by atoms with Gasteiger partial charge in [-0.3, -0.25) is 4.99 Å². The van der Waals surface area contributed by atoms with Gasteiger partial charge in [0.1, 0.15) is 0 Å². The van der Waals surface area contributed by atoms with Crippen LogP contribution in [-0.4, -0.2) is 12.8 Å². The number of nitrogens with zero attached hydrogens (tertiary/aromatic N) is 2. The number of likely N-dealkylation sites (N-methyl/N-ethyl adjacent to an activating group) is 1. The van der Waals surface area contributed by atoms with Crippen LogP contribution in [0.3, 0.4) is 0 Å². The number of allylic oxidation sites excluding steroid dienone is 2. The minimum Gasteiger partial charge on any atom is -0.341 e. The lowest BCUT2D eigenvalue weighted by Gasteiger charge is -2.29. The summed E-state index contributed by atoms with van der Waals surface area (Å²) in [5, 5.41) is 0. The van der Waals surface area contributed by atoms with Crippen LogP contribution in [0.4, 0.5) is 11.4 Å². The highest BCUT2D eigenvalue weighted by molar-refractivity contribution is 5.82. The molecule has 1 aliphatic rings. The molecule has 0 fully saturated rings. The lowest BCUT2D eigenvalue weighted by molar-refractivity contribution is 0.973. The van der Waals surface area contributed by atoms with Crippen LogP contribution >= 0.6 is 0 Å². The number of anilines is 1. The third kappa shape index (κ3) is 2.95. The first-order valence-electron chi connectivity index (χ1n) is 7.22. The van der Waals surface area contributed by atoms with Gasteiger partial charge in [0.2, 0.25) is 0 Å². The minimum absolute atomic E-state index is 0.937. The van der Waals surface area contributed by atoms with E-state index in [2.05, 4.69) is 59.3 Å². The Labute approximate surface area is 125 Å². The normalized spacial score (nSPS) is 15.7. The number of hydrogen-bond acceptors (Lipinski definition) is 2. The quantitative estimate of drug-likeness (QED) is 0.732. The van der Waals surface area contributed by atoms with E-state index in [4.69, 9.17) is 0 Å². The van der Waals surface area contributed by atoms with E-state index < -0.39 is 0 Å². The van der Waals surface area contributed by atoms with E-state index in [-0.39, 0.29) is 0 Å². The number of hydrogen-bond donors (Lipinski definition) is 0. The van der Waals surface area contributed by atoms with Gasteiger partial charge in [-0.2, -0.15) is 0 Å². The summed E-state index contributed by atoms with van der Waals surface area (Å²) in [5.41, 5.74) is 4.65. The highest BCUT2D eigenvalue weighted by Crippen LogP contribution is 2.30. The van der Waals surface area contributed by atoms with Gasteiger partial charge in [-0.25, -0.2) is 0 Å². The van der Waals surface area contributed by atoms with Crippen molar-refractivity contribution in [3.63, 3.8) is 0 Å². The first-order chi connectivity index (χ1) is 10.4. The van der Waals surface area contributed by atoms with E-state index in [1.807, 2.05) is 36.5 Å². The fourth-order valence-electron chi connectivity index (χ4n) is 2.49. The van der Waals surface area contributed by atoms with E-state index in [9.17, 15) is 0 Å². The molecule has 21 heavy (non-hydrogen) atoms. The van der Waals surface area contributed by atoms with Crippen molar-refractivity contribution in [2.75, 3.05) is 11.4 Å². The molecule has 0 aliphatic carbocycles. The Morgan fingerprint density at radius 3 is 2.52 bits per heavy atom. The Kier molecular flexibility index (Phi) is 3.97. The fourth-order valence-corrected chi connectivity index (χ4v) is 2.49. The van der Waals surface area contributed by atoms with Crippen molar-refractivity contribution in [1.82, 2.24) is 0 Å². The molecule has 0 aromatic heterocycles. The summed E-state index contributed by atoms with van der Waals surface area (Å²) in [6, 6.07) is 18.4. The molecule has 2 aromatic carbocycles. The van der Waals surface area contributed by atoms with Crippen molar-refractivity contribution in [2.45, 2.75) is 6.92 Å². The molecule has 104 valence electrons. The molecular weight excluding hydrogens is 256 g/mol. The van der Waals surface area contributed by atoms with Gasteiger partial charge in [0.05, 0.1) is 5.69 Å². The van der Waals surface area contributed by atoms with Crippen molar-refractivity contribution >= 4 is 23.7 Å². The molecule has 2 nitrogen and oxygen atoms in total. The van der Waals surface area contributed by atoms with Gasteiger partial charge in [-0.15, -0.1) is 0 Å². The first kappa shape index (κ1) is 13.4. The van der Waals surface area contributed by atoms with E-state index in [0.717, 1.165) is 17.9 Å². The Morgan fingerprint density at radius 2 is 1.71 bits per heavy atom. The van der Waals surface area contributed by atoms with E-state index in [1.54, 1.807) is 0 Å². The van der Waals surface area contributed by atoms with Crippen LogP contribution in [0.2, 0.25) is 0 Å². The second kappa shape index (κ2) is 6.23. The van der Waals surface area contributed by atoms with Gasteiger partial charge in [0, 0.05) is 24.1 Å². The third-order valence-corrected chi connectivity index (χ3v) is 3.51. The van der Waals surface area contributed by atoms with E-state index >= 15 is 0 Å². The largest absolute Gasteiger partial charge is 0.341 e. The first-order valence-corrected chi connectivity index (χ1v) is 7.22. The van der Waals surface area contributed by atoms with Crippen LogP contribution in [0.5, 0.6) is 0 Å². The molecule has 0 unspecified atom stereocenters. The summed E-state index contributed by atoms with van der Waals surface area (Å²) in [4.78, 5) is 6.76. The van der Waals surface area contributed by atoms with E-state index in [0.29, 0.717) is 0 Å². The molecule has 2 aromatic rings. The highest BCUT2D eigenvalue weighted by Gasteiger charge is 2.14. The zero-order chi connectivity index (χ0) is 14.5. The average Bonchev–Trinajstić information content (AvgIpc) is 2.55. The third-order valence-electron chi connectivity index (χ3n) is 3.51. The second-order valence-corrected chi connectivity index (χ2v) is 4.84. The summed E-state index contributed by atoms with van der Waals surface area (Å²) in [6.45, 7) is 3.10. The molecule has 0 N–H and O–H groups in total. The number of rotatable bonds is 3. The molecule has 0 saturated carbocycles. The molecule has 0 atom stereocenters. The molecule has 3 rings (SSSR count). The number of benzene rings is 2. The van der Waals surface area contributed by atoms with Gasteiger partial charge in [-0.05, 0) is 42.8 Å². The Morgan fingerprint density at radius 1 is 0.952 bits per heavy atom. The maximum atomic E-state index is 4.46. The van der Waals surface area contributed by atoms with Gasteiger partial charge < -0.3 is 4.90 Å². The van der Waals surface area contributed by atoms with Crippen LogP contribution in [-0.2, 0) is 0 Å². The van der Waals surface area contributed by atoms with Gasteiger partial charge in [0.15, 0.2) is 0 Å². The van der Waals surface area contributed by atoms with Crippen LogP contribution in [0, 0.1) is 0 Å². The molecular formula is C19H18N2. The Balaban J connectivity index is 1.86. The molecule has 0 spiro atoms. The summed E-state index contributed by atoms with van der Waals surface area (Å²) in [7, 11) is 0. The summed E-state index contributed by atoms with van der Waals surface area (Å²) in [5.74, 6) is 0. The van der Waals surface area contributed by atoms with Crippen LogP contribution in [0.15, 0.2) is 77.4 Å². The molecule has 0 bridgehead atoms. The summed E-state index contributed by atoms with van der Waals surface area (Å²) < 4.78 is 0. The summed E-state index contributed by atoms with van der Waals surface area (Å²) in [6.07, 6.45) is 8.22.